The average Bonchev–Trinajstić information content (AvgIpc) is 3.10. The van der Waals surface area contributed by atoms with Crippen molar-refractivity contribution < 1.29 is 8.42 Å². The van der Waals surface area contributed by atoms with Crippen molar-refractivity contribution in [1.29, 1.82) is 0 Å². The van der Waals surface area contributed by atoms with Gasteiger partial charge in [0.2, 0.25) is 0 Å². The van der Waals surface area contributed by atoms with Crippen molar-refractivity contribution in [2.75, 3.05) is 18.8 Å². The van der Waals surface area contributed by atoms with Crippen LogP contribution in [0, 0.1) is 5.41 Å². The van der Waals surface area contributed by atoms with E-state index in [0.29, 0.717) is 13.1 Å². The largest absolute Gasteiger partial charge is 0.330 e. The molecule has 0 spiro atoms. The number of hydrogen-bond acceptors (Lipinski definition) is 4. The van der Waals surface area contributed by atoms with Gasteiger partial charge in [0.1, 0.15) is 0 Å². The van der Waals surface area contributed by atoms with Crippen LogP contribution >= 0.6 is 0 Å². The lowest BCUT2D eigenvalue weighted by Gasteiger charge is -2.12. The normalized spacial score (nSPS) is 25.9. The van der Waals surface area contributed by atoms with E-state index in [9.17, 15) is 8.42 Å². The fourth-order valence-corrected chi connectivity index (χ4v) is 5.11. The molecule has 5 heteroatoms. The number of benzene rings is 1. The molecule has 100 valence electrons. The first-order chi connectivity index (χ1) is 8.53. The highest BCUT2D eigenvalue weighted by atomic mass is 32.2. The number of nitrogens with two attached hydrogens (primary N) is 2. The molecule has 1 fully saturated rings. The highest BCUT2D eigenvalue weighted by molar-refractivity contribution is 7.92. The van der Waals surface area contributed by atoms with Gasteiger partial charge in [-0.05, 0) is 5.56 Å². The van der Waals surface area contributed by atoms with Gasteiger partial charge in [-0.3, -0.25) is 0 Å². The first-order valence-corrected chi connectivity index (χ1v) is 7.91. The second kappa shape index (κ2) is 4.64. The van der Waals surface area contributed by atoms with E-state index in [0.717, 1.165) is 5.56 Å². The van der Waals surface area contributed by atoms with E-state index in [2.05, 4.69) is 0 Å². The Morgan fingerprint density at radius 2 is 1.72 bits per heavy atom. The summed E-state index contributed by atoms with van der Waals surface area (Å²) in [7, 11) is -3.11. The second-order valence-corrected chi connectivity index (χ2v) is 7.31. The molecule has 0 saturated heterocycles. The smallest absolute Gasteiger partial charge is 0.154 e. The van der Waals surface area contributed by atoms with E-state index in [1.54, 1.807) is 6.92 Å². The minimum atomic E-state index is -3.11. The van der Waals surface area contributed by atoms with E-state index in [1.807, 2.05) is 30.3 Å². The molecule has 1 aliphatic carbocycles. The molecule has 1 saturated carbocycles. The zero-order valence-electron chi connectivity index (χ0n) is 10.5. The third kappa shape index (κ3) is 1.86. The number of sulfone groups is 1. The summed E-state index contributed by atoms with van der Waals surface area (Å²) in [5.41, 5.74) is 12.2. The topological polar surface area (TPSA) is 86.2 Å². The molecular weight excluding hydrogens is 248 g/mol. The molecule has 0 aromatic heterocycles. The van der Waals surface area contributed by atoms with Gasteiger partial charge in [-0.2, -0.15) is 0 Å². The SMILES string of the molecule is CCS(=O)(=O)[C@H]1[C@@H](c2ccccc2)C1(CN)CN. The van der Waals surface area contributed by atoms with Crippen LogP contribution in [-0.4, -0.2) is 32.5 Å². The van der Waals surface area contributed by atoms with Crippen LogP contribution < -0.4 is 11.5 Å². The summed E-state index contributed by atoms with van der Waals surface area (Å²) < 4.78 is 24.3. The van der Waals surface area contributed by atoms with E-state index in [-0.39, 0.29) is 11.7 Å². The van der Waals surface area contributed by atoms with Crippen LogP contribution in [0.3, 0.4) is 0 Å². The summed E-state index contributed by atoms with van der Waals surface area (Å²) in [4.78, 5) is 0. The van der Waals surface area contributed by atoms with Gasteiger partial charge in [0.15, 0.2) is 9.84 Å². The minimum absolute atomic E-state index is 0.0568. The van der Waals surface area contributed by atoms with Gasteiger partial charge >= 0.3 is 0 Å². The van der Waals surface area contributed by atoms with Crippen LogP contribution in [0.4, 0.5) is 0 Å². The van der Waals surface area contributed by atoms with Crippen LogP contribution in [0.15, 0.2) is 30.3 Å². The van der Waals surface area contributed by atoms with Crippen molar-refractivity contribution in [2.45, 2.75) is 18.1 Å². The van der Waals surface area contributed by atoms with Crippen molar-refractivity contribution in [3.05, 3.63) is 35.9 Å². The monoisotopic (exact) mass is 268 g/mol. The highest BCUT2D eigenvalue weighted by Crippen LogP contribution is 2.61. The van der Waals surface area contributed by atoms with Gasteiger partial charge in [-0.1, -0.05) is 37.3 Å². The van der Waals surface area contributed by atoms with Crippen molar-refractivity contribution in [2.24, 2.45) is 16.9 Å². The minimum Gasteiger partial charge on any atom is -0.330 e. The fourth-order valence-electron chi connectivity index (χ4n) is 2.93. The summed E-state index contributed by atoms with van der Waals surface area (Å²) in [6.45, 7) is 2.30. The van der Waals surface area contributed by atoms with Crippen LogP contribution in [-0.2, 0) is 9.84 Å². The lowest BCUT2D eigenvalue weighted by Crippen LogP contribution is -2.31. The first kappa shape index (κ1) is 13.5. The molecule has 2 rings (SSSR count). The summed E-state index contributed by atoms with van der Waals surface area (Å²) >= 11 is 0. The van der Waals surface area contributed by atoms with Crippen LogP contribution in [0.5, 0.6) is 0 Å². The van der Waals surface area contributed by atoms with E-state index < -0.39 is 20.5 Å². The Balaban J connectivity index is 2.42. The molecule has 0 heterocycles. The van der Waals surface area contributed by atoms with Crippen molar-refractivity contribution in [1.82, 2.24) is 0 Å². The van der Waals surface area contributed by atoms with Crippen molar-refractivity contribution in [3.8, 4) is 0 Å². The number of hydrogen-bond donors (Lipinski definition) is 2. The summed E-state index contributed by atoms with van der Waals surface area (Å²) in [5, 5.41) is -0.424. The molecular formula is C13H20N2O2S. The Kier molecular flexibility index (Phi) is 3.49. The molecule has 1 aromatic carbocycles. The van der Waals surface area contributed by atoms with Crippen LogP contribution in [0.25, 0.3) is 0 Å². The van der Waals surface area contributed by atoms with Crippen molar-refractivity contribution >= 4 is 9.84 Å². The summed E-state index contributed by atoms with van der Waals surface area (Å²) in [6.07, 6.45) is 0. The number of rotatable bonds is 5. The zero-order chi connectivity index (χ0) is 13.4. The van der Waals surface area contributed by atoms with Gasteiger partial charge in [0.25, 0.3) is 0 Å². The average molecular weight is 268 g/mol. The maximum Gasteiger partial charge on any atom is 0.154 e. The molecule has 0 bridgehead atoms. The third-order valence-electron chi connectivity index (χ3n) is 4.09. The molecule has 2 atom stereocenters. The Bertz CT molecular complexity index is 509. The molecule has 0 radical (unpaired) electrons. The molecule has 0 amide bonds. The van der Waals surface area contributed by atoms with Crippen molar-refractivity contribution in [3.63, 3.8) is 0 Å². The van der Waals surface area contributed by atoms with Gasteiger partial charge in [-0.15, -0.1) is 0 Å². The highest BCUT2D eigenvalue weighted by Gasteiger charge is 2.68. The second-order valence-electron chi connectivity index (χ2n) is 4.90. The summed E-state index contributed by atoms with van der Waals surface area (Å²) in [5.74, 6) is 0.0848. The molecule has 4 N–H and O–H groups in total. The lowest BCUT2D eigenvalue weighted by molar-refractivity contribution is 0.510. The fraction of sp³-hybridized carbons (Fsp3) is 0.538. The molecule has 1 aliphatic rings. The summed E-state index contributed by atoms with van der Waals surface area (Å²) in [6, 6.07) is 9.66. The molecule has 0 aliphatic heterocycles. The van der Waals surface area contributed by atoms with Gasteiger partial charge in [-0.25, -0.2) is 8.42 Å². The quantitative estimate of drug-likeness (QED) is 0.814. The lowest BCUT2D eigenvalue weighted by atomic mass is 9.99. The maximum atomic E-state index is 12.2. The molecule has 18 heavy (non-hydrogen) atoms. The van der Waals surface area contributed by atoms with Crippen LogP contribution in [0.1, 0.15) is 18.4 Å². The Morgan fingerprint density at radius 3 is 2.17 bits per heavy atom. The third-order valence-corrected chi connectivity index (χ3v) is 6.41. The van der Waals surface area contributed by atoms with Gasteiger partial charge in [0.05, 0.1) is 5.25 Å². The van der Waals surface area contributed by atoms with E-state index in [4.69, 9.17) is 11.5 Å². The predicted molar refractivity (Wildman–Crippen MR) is 73.0 cm³/mol. The molecule has 4 nitrogen and oxygen atoms in total. The van der Waals surface area contributed by atoms with Gasteiger partial charge in [0, 0.05) is 30.2 Å². The van der Waals surface area contributed by atoms with Gasteiger partial charge < -0.3 is 11.5 Å². The Hall–Kier alpha value is -0.910. The first-order valence-electron chi connectivity index (χ1n) is 6.20. The standard InChI is InChI=1S/C13H20N2O2S/c1-2-18(16,17)12-11(13(12,8-14)9-15)10-6-4-3-5-7-10/h3-7,11-12H,2,8-9,14-15H2,1H3/t11-,12+/m1/s1. The van der Waals surface area contributed by atoms with Crippen LogP contribution in [0.2, 0.25) is 0 Å². The Morgan fingerprint density at radius 1 is 1.17 bits per heavy atom. The molecule has 0 unspecified atom stereocenters. The maximum absolute atomic E-state index is 12.2. The molecule has 1 aromatic rings. The van der Waals surface area contributed by atoms with E-state index in [1.165, 1.54) is 0 Å². The predicted octanol–water partition coefficient (Wildman–Crippen LogP) is 0.491. The zero-order valence-corrected chi connectivity index (χ0v) is 11.4. The Labute approximate surface area is 108 Å². The van der Waals surface area contributed by atoms with E-state index >= 15 is 0 Å².